The number of benzene rings is 1. The van der Waals surface area contributed by atoms with Crippen LogP contribution in [0.3, 0.4) is 0 Å². The van der Waals surface area contributed by atoms with E-state index in [1.165, 1.54) is 41.6 Å². The van der Waals surface area contributed by atoms with E-state index in [2.05, 4.69) is 103 Å². The molecule has 7 aliphatic heterocycles. The van der Waals surface area contributed by atoms with Crippen molar-refractivity contribution in [2.45, 2.75) is 211 Å². The van der Waals surface area contributed by atoms with E-state index in [0.29, 0.717) is 120 Å². The monoisotopic (exact) mass is 2370 g/mol. The van der Waals surface area contributed by atoms with Crippen LogP contribution in [0.1, 0.15) is 283 Å². The lowest BCUT2D eigenvalue weighted by molar-refractivity contribution is 0.0666. The molecule has 7 aliphatic rings. The number of carbonyl (C=O) groups is 6. The molecule has 5 aromatic heterocycles. The Morgan fingerprint density at radius 2 is 0.815 bits per heavy atom. The number of pyridine rings is 5. The number of methoxy groups -OCH3 is 5. The molecular weight excluding hydrogens is 2240 g/mol. The van der Waals surface area contributed by atoms with Gasteiger partial charge in [0, 0.05) is 63.6 Å². The van der Waals surface area contributed by atoms with E-state index in [-0.39, 0.29) is 188 Å². The fourth-order valence-corrected chi connectivity index (χ4v) is 23.6. The second-order valence-electron chi connectivity index (χ2n) is 37.2. The maximum atomic E-state index is 14.0. The average Bonchev–Trinajstić information content (AvgIpc) is 1.57. The molecule has 0 saturated carbocycles. The van der Waals surface area contributed by atoms with Crippen LogP contribution in [0.4, 0.5) is 8.78 Å². The molecule has 10 atom stereocenters. The van der Waals surface area contributed by atoms with Gasteiger partial charge in [-0.15, -0.1) is 0 Å². The van der Waals surface area contributed by atoms with Crippen molar-refractivity contribution in [2.75, 3.05) is 158 Å². The summed E-state index contributed by atoms with van der Waals surface area (Å²) in [4.78, 5) is 156. The Morgan fingerprint density at radius 1 is 0.489 bits per heavy atom. The molecule has 0 bridgehead atoms. The zero-order valence-electron chi connectivity index (χ0n) is 82.1. The second-order valence-corrected chi connectivity index (χ2v) is 47.9. The summed E-state index contributed by atoms with van der Waals surface area (Å²) in [6.45, 7) is 23.2. The van der Waals surface area contributed by atoms with Crippen molar-refractivity contribution in [3.63, 3.8) is 0 Å². The summed E-state index contributed by atoms with van der Waals surface area (Å²) in [7, 11) is 20.8. The highest BCUT2D eigenvalue weighted by atomic mass is 127. The Labute approximate surface area is 843 Å². The molecule has 1 aromatic carbocycles. The predicted octanol–water partition coefficient (Wildman–Crippen LogP) is 12.5. The summed E-state index contributed by atoms with van der Waals surface area (Å²) in [6, 6.07) is 2.29. The lowest BCUT2D eigenvalue weighted by Gasteiger charge is -2.37. The Balaban J connectivity index is 0.000000191. The molecule has 3 amide bonds. The molecule has 0 fully saturated rings. The summed E-state index contributed by atoms with van der Waals surface area (Å²) in [5, 5.41) is 12.5. The van der Waals surface area contributed by atoms with Crippen LogP contribution in [0.5, 0.6) is 28.7 Å². The average molecular weight is 2370 g/mol. The minimum atomic E-state index is -3.64. The summed E-state index contributed by atoms with van der Waals surface area (Å²) in [5.41, 5.74) is 3.65. The van der Waals surface area contributed by atoms with Crippen LogP contribution in [-0.2, 0) is 25.3 Å². The SMILES string of the molecule is CCCC(=O)c1c(OC)c(=O)c(I)c2n1[C@H](CO)C[C@H]2N(C)C.CCCC(=O)c1c(OC)c(=O)c(I)c2n1[C@H](COS(C)(=O)=O)C[C@H]2N(C)C.CCCC(=O)c1c(OC)c(=O)c(I)c2n1[C@H](CO[Si](C)(C)C(C)(C)C)C[C@H]2N(C)C.CCN1C[C@@H]2C[C@@H](N(C)C)c3c(C(=O)NCc4ccc(F)cc4F)c(=O)c(OC)c(n32)C1=O.CCN1C[C@@H]2C[C@@H](N(C)C)c3c(I)c(=O)c(OC)c(n32)C1=O. The maximum absolute atomic E-state index is 14.0. The first kappa shape index (κ1) is 112. The molecule has 746 valence electrons. The number of amides is 3. The van der Waals surface area contributed by atoms with E-state index in [0.717, 1.165) is 54.7 Å². The summed E-state index contributed by atoms with van der Waals surface area (Å²) in [6.07, 6.45) is 7.55. The maximum Gasteiger partial charge on any atom is 0.274 e. The van der Waals surface area contributed by atoms with Gasteiger partial charge in [-0.05, 0) is 250 Å². The van der Waals surface area contributed by atoms with Gasteiger partial charge in [-0.1, -0.05) is 47.6 Å². The van der Waals surface area contributed by atoms with Gasteiger partial charge in [0.2, 0.25) is 27.1 Å². The number of ether oxygens (including phenoxy) is 5. The molecule has 0 radical (unpaired) electrons. The van der Waals surface area contributed by atoms with E-state index in [9.17, 15) is 75.0 Å². The van der Waals surface area contributed by atoms with Gasteiger partial charge in [-0.3, -0.25) is 56.9 Å². The molecule has 135 heavy (non-hydrogen) atoms. The first-order chi connectivity index (χ1) is 63.3. The molecule has 6 aromatic rings. The van der Waals surface area contributed by atoms with Crippen molar-refractivity contribution >= 4 is 144 Å². The van der Waals surface area contributed by atoms with Crippen molar-refractivity contribution in [1.82, 2.24) is 62.5 Å². The van der Waals surface area contributed by atoms with Crippen molar-refractivity contribution in [3.05, 3.63) is 163 Å². The molecule has 13 rings (SSSR count). The first-order valence-electron chi connectivity index (χ1n) is 45.1. The van der Waals surface area contributed by atoms with Crippen LogP contribution in [-0.4, -0.2) is 272 Å². The number of fused-ring (bicyclic) bond motifs is 3. The van der Waals surface area contributed by atoms with Gasteiger partial charge in [0.1, 0.15) is 34.3 Å². The Morgan fingerprint density at radius 3 is 1.15 bits per heavy atom. The second kappa shape index (κ2) is 46.2. The van der Waals surface area contributed by atoms with Crippen molar-refractivity contribution in [2.24, 2.45) is 0 Å². The summed E-state index contributed by atoms with van der Waals surface area (Å²) in [5.74, 6) is -2.73. The molecule has 0 saturated heterocycles. The van der Waals surface area contributed by atoms with Gasteiger partial charge in [0.25, 0.3) is 27.8 Å². The fourth-order valence-electron chi connectivity index (χ4n) is 18.7. The van der Waals surface area contributed by atoms with Crippen LogP contribution >= 0.6 is 90.4 Å². The zero-order chi connectivity index (χ0) is 101. The number of hydrogen-bond donors (Lipinski definition) is 2. The highest BCUT2D eigenvalue weighted by Gasteiger charge is 2.50. The van der Waals surface area contributed by atoms with E-state index in [4.69, 9.17) is 32.3 Å². The number of aliphatic hydroxyl groups excluding tert-OH is 1. The molecule has 42 heteroatoms. The molecular formula is C93H131F2I4N13O21SSi. The van der Waals surface area contributed by atoms with Gasteiger partial charge in [-0.2, -0.15) is 8.42 Å². The number of nitrogens with zero attached hydrogens (tertiary/aromatic N) is 12. The third kappa shape index (κ3) is 22.5. The number of hydrogen-bond acceptors (Lipinski definition) is 26. The topological polar surface area (TPSA) is 366 Å². The highest BCUT2D eigenvalue weighted by molar-refractivity contribution is 14.1. The van der Waals surface area contributed by atoms with Gasteiger partial charge in [0.05, 0.1) is 165 Å². The standard InChI is InChI=1S/C23H26F2N4O4.C22H37IN2O4Si.C17H25IN2O6S.C16H23IN2O4.C15H20IN3O3/c1-5-28-11-14-9-16(27(2)3)18-17(20(30)21(33-4)19(23(28)32)29(14)18)22(31)26-10-12-6-7-13(24)8-15(12)25;1-10-11-16(26)19-21(28-7)20(27)17(23)18-15(24(5)6)12-14(25(18)19)13-29-30(8,9)22(2,3)4;1-6-7-12(21)15-17(25-4)16(22)13(18)14-11(19(2)3)8-10(20(14)15)9-26-27(5,23)24;1-5-6-11(21)14-16(23-4)15(22)12(17)13-10(18(2)3)7-9(8-20)19(13)14;1-5-18-7-8-6-9(17(2)3)11-10(16)13(20)14(22-4)12(15(18)21)19(8)11/h6-8,14,16H,5,9-11H2,1-4H3,(H,26,31);14-15H,10-13H2,1-9H3;10-11H,6-9H2,1-5H3;9-10,20H,5-8H2,1-4H3;8-9H,5-7H2,1-4H3/t14-,16+;14-,15+;10-,11+;9-,10+;8-,9+/m00000/s1. The van der Waals surface area contributed by atoms with E-state index >= 15 is 0 Å². The summed E-state index contributed by atoms with van der Waals surface area (Å²) < 4.78 is 100. The number of ketones is 3. The quantitative estimate of drug-likeness (QED) is 0.0177. The molecule has 2 N–H and O–H groups in total. The highest BCUT2D eigenvalue weighted by Crippen LogP contribution is 2.50. The Bertz CT molecular complexity index is 5960. The van der Waals surface area contributed by atoms with Gasteiger partial charge in [0.15, 0.2) is 65.8 Å². The van der Waals surface area contributed by atoms with E-state index in [1.807, 2.05) is 170 Å². The molecule has 12 heterocycles. The number of Topliss-reactive ketones (excluding diaryl/α,β-unsaturated/α-hetero) is 3. The molecule has 34 nitrogen and oxygen atoms in total. The Hall–Kier alpha value is -6.98. The number of aliphatic hydroxyl groups is 1. The molecule has 0 aliphatic carbocycles. The fraction of sp³-hybridized carbons (Fsp3) is 0.602. The number of rotatable bonds is 31. The predicted molar refractivity (Wildman–Crippen MR) is 547 cm³/mol. The number of halogens is 6. The van der Waals surface area contributed by atoms with Gasteiger partial charge < -0.3 is 95.7 Å². The van der Waals surface area contributed by atoms with Gasteiger partial charge >= 0.3 is 0 Å². The van der Waals surface area contributed by atoms with Crippen molar-refractivity contribution < 1.29 is 83.4 Å². The van der Waals surface area contributed by atoms with E-state index in [1.54, 1.807) is 18.9 Å². The minimum Gasteiger partial charge on any atom is -0.491 e. The number of carbonyl (C=O) groups excluding carboxylic acids is 6. The third-order valence-electron chi connectivity index (χ3n) is 26.4. The minimum absolute atomic E-state index is 0.00496. The Kier molecular flexibility index (Phi) is 38.2. The number of likely N-dealkylation sites (N-methyl/N-ethyl adjacent to an activating group) is 2. The van der Waals surface area contributed by atoms with Gasteiger partial charge in [-0.25, -0.2) is 8.78 Å². The normalized spacial score (nSPS) is 20.0. The lowest BCUT2D eigenvalue weighted by atomic mass is 10.0. The van der Waals surface area contributed by atoms with Crippen LogP contribution in [0.25, 0.3) is 0 Å². The van der Waals surface area contributed by atoms with Crippen molar-refractivity contribution in [1.29, 1.82) is 0 Å². The number of aromatic nitrogens is 5. The van der Waals surface area contributed by atoms with E-state index < -0.39 is 47.4 Å². The molecule has 0 spiro atoms. The largest absolute Gasteiger partial charge is 0.491 e. The smallest absolute Gasteiger partial charge is 0.274 e. The van der Waals surface area contributed by atoms with Crippen LogP contribution < -0.4 is 56.1 Å². The first-order valence-corrected chi connectivity index (χ1v) is 54.1. The molecule has 0 unspecified atom stereocenters. The number of nitrogens with one attached hydrogen (secondary N) is 1. The lowest BCUT2D eigenvalue weighted by Crippen LogP contribution is -2.45. The van der Waals surface area contributed by atoms with Crippen LogP contribution in [0, 0.1) is 25.9 Å². The third-order valence-corrected chi connectivity index (χ3v) is 35.7. The van der Waals surface area contributed by atoms with Crippen LogP contribution in [0.15, 0.2) is 42.2 Å². The van der Waals surface area contributed by atoms with Crippen molar-refractivity contribution in [3.8, 4) is 28.7 Å². The van der Waals surface area contributed by atoms with Crippen LogP contribution in [0.2, 0.25) is 18.1 Å². The zero-order valence-corrected chi connectivity index (χ0v) is 92.5. The summed E-state index contributed by atoms with van der Waals surface area (Å²) >= 11 is 8.20.